The minimum Gasteiger partial charge on any atom is -0.403 e. The van der Waals surface area contributed by atoms with Crippen LogP contribution in [0.25, 0.3) is 17.0 Å². The Morgan fingerprint density at radius 3 is 2.59 bits per heavy atom. The molecule has 4 aromatic rings. The van der Waals surface area contributed by atoms with Crippen LogP contribution in [0.2, 0.25) is 0 Å². The van der Waals surface area contributed by atoms with E-state index >= 15 is 0 Å². The van der Waals surface area contributed by atoms with Gasteiger partial charge in [-0.25, -0.2) is 13.9 Å². The molecule has 1 atom stereocenters. The van der Waals surface area contributed by atoms with Crippen LogP contribution >= 0.6 is 0 Å². The van der Waals surface area contributed by atoms with E-state index in [9.17, 15) is 22.4 Å². The molecule has 1 N–H and O–H groups in total. The second-order valence-electron chi connectivity index (χ2n) is 7.23. The maximum absolute atomic E-state index is 14.2. The average molecular weight is 478 g/mol. The number of ether oxygens (including phenoxy) is 2. The first-order chi connectivity index (χ1) is 16.1. The van der Waals surface area contributed by atoms with Gasteiger partial charge >= 0.3 is 6.36 Å². The van der Waals surface area contributed by atoms with Gasteiger partial charge in [0, 0.05) is 26.6 Å². The van der Waals surface area contributed by atoms with Gasteiger partial charge in [-0.15, -0.1) is 13.2 Å². The Hall–Kier alpha value is -4.00. The highest BCUT2D eigenvalue weighted by molar-refractivity contribution is 6.00. The van der Waals surface area contributed by atoms with Crippen molar-refractivity contribution in [3.05, 3.63) is 65.9 Å². The van der Waals surface area contributed by atoms with Crippen molar-refractivity contribution in [2.75, 3.05) is 13.7 Å². The second-order valence-corrected chi connectivity index (χ2v) is 7.23. The summed E-state index contributed by atoms with van der Waals surface area (Å²) in [5, 5.41) is 11.1. The first-order valence-corrected chi connectivity index (χ1v) is 9.84. The van der Waals surface area contributed by atoms with Gasteiger partial charge in [0.2, 0.25) is 0 Å². The van der Waals surface area contributed by atoms with E-state index in [0.29, 0.717) is 11.4 Å². The number of benzene rings is 1. The number of carbonyl (C=O) groups excluding carboxylic acids is 1. The largest absolute Gasteiger partial charge is 0.573 e. The smallest absolute Gasteiger partial charge is 0.403 e. The molecule has 34 heavy (non-hydrogen) atoms. The van der Waals surface area contributed by atoms with Crippen molar-refractivity contribution in [1.82, 2.24) is 29.7 Å². The topological polar surface area (TPSA) is 95.6 Å². The van der Waals surface area contributed by atoms with Gasteiger partial charge in [-0.2, -0.15) is 10.2 Å². The lowest BCUT2D eigenvalue weighted by Gasteiger charge is -2.19. The summed E-state index contributed by atoms with van der Waals surface area (Å²) >= 11 is 0. The van der Waals surface area contributed by atoms with Gasteiger partial charge in [-0.1, -0.05) is 6.07 Å². The van der Waals surface area contributed by atoms with E-state index in [0.717, 1.165) is 12.1 Å². The molecule has 0 aliphatic rings. The third-order valence-electron chi connectivity index (χ3n) is 4.81. The number of amides is 1. The number of nitrogens with zero attached hydrogens (tertiary/aromatic N) is 5. The standard InChI is InChI=1S/C21H18F4N6O3/c1-30-7-5-16(29-30)15-6-8-31-19(27-15)13(10-26-31)20(32)28-17(11-33-2)12-3-4-18(14(22)9-12)34-21(23,24)25/h3-10,17H,11H2,1-2H3,(H,28,32). The number of methoxy groups -OCH3 is 1. The summed E-state index contributed by atoms with van der Waals surface area (Å²) in [6, 6.07) is 5.49. The van der Waals surface area contributed by atoms with E-state index in [1.165, 1.54) is 23.9 Å². The molecule has 3 aromatic heterocycles. The first-order valence-electron chi connectivity index (χ1n) is 9.84. The molecule has 0 saturated heterocycles. The number of aryl methyl sites for hydroxylation is 1. The SMILES string of the molecule is COCC(NC(=O)c1cnn2ccc(-c3ccn(C)n3)nc12)c1ccc(OC(F)(F)F)c(F)c1. The zero-order chi connectivity index (χ0) is 24.5. The van der Waals surface area contributed by atoms with Crippen LogP contribution in [0.3, 0.4) is 0 Å². The van der Waals surface area contributed by atoms with Crippen molar-refractivity contribution in [2.45, 2.75) is 12.4 Å². The monoisotopic (exact) mass is 478 g/mol. The Labute approximate surface area is 189 Å². The van der Waals surface area contributed by atoms with E-state index in [1.807, 2.05) is 0 Å². The molecule has 4 rings (SSSR count). The van der Waals surface area contributed by atoms with Gasteiger partial charge in [0.25, 0.3) is 5.91 Å². The van der Waals surface area contributed by atoms with Crippen LogP contribution in [0.4, 0.5) is 17.6 Å². The zero-order valence-electron chi connectivity index (χ0n) is 17.9. The van der Waals surface area contributed by atoms with Crippen LogP contribution in [-0.4, -0.2) is 50.4 Å². The molecule has 178 valence electrons. The normalized spacial score (nSPS) is 12.6. The number of rotatable bonds is 7. The predicted molar refractivity (Wildman–Crippen MR) is 110 cm³/mol. The molecule has 0 saturated carbocycles. The molecule has 0 bridgehead atoms. The summed E-state index contributed by atoms with van der Waals surface area (Å²) < 4.78 is 63.2. The summed E-state index contributed by atoms with van der Waals surface area (Å²) in [4.78, 5) is 17.5. The highest BCUT2D eigenvalue weighted by Gasteiger charge is 2.32. The number of alkyl halides is 3. The molecule has 0 aliphatic carbocycles. The van der Waals surface area contributed by atoms with Crippen LogP contribution in [-0.2, 0) is 11.8 Å². The number of halogens is 4. The number of carbonyl (C=O) groups is 1. The Bertz CT molecular complexity index is 1330. The Kier molecular flexibility index (Phi) is 6.20. The van der Waals surface area contributed by atoms with Crippen molar-refractivity contribution >= 4 is 11.6 Å². The fourth-order valence-corrected chi connectivity index (χ4v) is 3.29. The lowest BCUT2D eigenvalue weighted by atomic mass is 10.1. The molecule has 1 amide bonds. The van der Waals surface area contributed by atoms with Crippen LogP contribution < -0.4 is 10.1 Å². The number of aromatic nitrogens is 5. The van der Waals surface area contributed by atoms with Gasteiger partial charge in [-0.3, -0.25) is 9.48 Å². The van der Waals surface area contributed by atoms with E-state index in [2.05, 4.69) is 25.2 Å². The summed E-state index contributed by atoms with van der Waals surface area (Å²) in [6.45, 7) is -0.0729. The minimum absolute atomic E-state index is 0.0729. The molecule has 0 fully saturated rings. The fraction of sp³-hybridized carbons (Fsp3) is 0.238. The first kappa shape index (κ1) is 23.2. The molecule has 9 nitrogen and oxygen atoms in total. The van der Waals surface area contributed by atoms with Crippen LogP contribution in [0.5, 0.6) is 5.75 Å². The zero-order valence-corrected chi connectivity index (χ0v) is 17.9. The molecule has 3 heterocycles. The Morgan fingerprint density at radius 1 is 1.18 bits per heavy atom. The quantitative estimate of drug-likeness (QED) is 0.410. The predicted octanol–water partition coefficient (Wildman–Crippen LogP) is 3.29. The third-order valence-corrected chi connectivity index (χ3v) is 4.81. The molecule has 13 heteroatoms. The molecular formula is C21H18F4N6O3. The second kappa shape index (κ2) is 9.09. The van der Waals surface area contributed by atoms with Crippen LogP contribution in [0.15, 0.2) is 48.9 Å². The highest BCUT2D eigenvalue weighted by atomic mass is 19.4. The molecule has 0 spiro atoms. The van der Waals surface area contributed by atoms with E-state index in [1.54, 1.807) is 36.3 Å². The lowest BCUT2D eigenvalue weighted by Crippen LogP contribution is -2.31. The average Bonchev–Trinajstić information content (AvgIpc) is 3.39. The van der Waals surface area contributed by atoms with Crippen LogP contribution in [0.1, 0.15) is 22.0 Å². The number of hydrogen-bond acceptors (Lipinski definition) is 6. The van der Waals surface area contributed by atoms with E-state index in [-0.39, 0.29) is 23.4 Å². The fourth-order valence-electron chi connectivity index (χ4n) is 3.29. The Morgan fingerprint density at radius 2 is 1.94 bits per heavy atom. The van der Waals surface area contributed by atoms with Crippen LogP contribution in [0, 0.1) is 5.82 Å². The summed E-state index contributed by atoms with van der Waals surface area (Å²) in [7, 11) is 3.13. The molecular weight excluding hydrogens is 460 g/mol. The van der Waals surface area contributed by atoms with Crippen molar-refractivity contribution in [1.29, 1.82) is 0 Å². The lowest BCUT2D eigenvalue weighted by molar-refractivity contribution is -0.275. The van der Waals surface area contributed by atoms with Crippen molar-refractivity contribution in [3.8, 4) is 17.1 Å². The van der Waals surface area contributed by atoms with Gasteiger partial charge < -0.3 is 14.8 Å². The van der Waals surface area contributed by atoms with Crippen molar-refractivity contribution in [2.24, 2.45) is 7.05 Å². The van der Waals surface area contributed by atoms with Gasteiger partial charge in [-0.05, 0) is 29.8 Å². The number of nitrogens with one attached hydrogen (secondary N) is 1. The maximum Gasteiger partial charge on any atom is 0.573 e. The van der Waals surface area contributed by atoms with Gasteiger partial charge in [0.05, 0.1) is 24.5 Å². The molecule has 0 radical (unpaired) electrons. The molecule has 1 aromatic carbocycles. The summed E-state index contributed by atoms with van der Waals surface area (Å²) in [5.74, 6) is -2.80. The van der Waals surface area contributed by atoms with Crippen molar-refractivity contribution in [3.63, 3.8) is 0 Å². The molecule has 0 aliphatic heterocycles. The minimum atomic E-state index is -5.03. The van der Waals surface area contributed by atoms with E-state index in [4.69, 9.17) is 4.74 Å². The number of fused-ring (bicyclic) bond motifs is 1. The highest BCUT2D eigenvalue weighted by Crippen LogP contribution is 2.28. The summed E-state index contributed by atoms with van der Waals surface area (Å²) in [5.41, 5.74) is 1.71. The van der Waals surface area contributed by atoms with Gasteiger partial charge in [0.15, 0.2) is 17.2 Å². The third kappa shape index (κ3) is 4.98. The van der Waals surface area contributed by atoms with Gasteiger partial charge in [0.1, 0.15) is 11.3 Å². The maximum atomic E-state index is 14.2. The number of hydrogen-bond donors (Lipinski definition) is 1. The van der Waals surface area contributed by atoms with E-state index < -0.39 is 29.9 Å². The molecule has 1 unspecified atom stereocenters. The van der Waals surface area contributed by atoms with Crippen molar-refractivity contribution < 1.29 is 31.8 Å². The summed E-state index contributed by atoms with van der Waals surface area (Å²) in [6.07, 6.45) is -0.326. The Balaban J connectivity index is 1.60.